The highest BCUT2D eigenvalue weighted by molar-refractivity contribution is 7.07. The lowest BCUT2D eigenvalue weighted by atomic mass is 9.92. The molecule has 3 fully saturated rings. The summed E-state index contributed by atoms with van der Waals surface area (Å²) in [6.07, 6.45) is 6.76. The van der Waals surface area contributed by atoms with Crippen LogP contribution in [-0.4, -0.2) is 54.1 Å². The second-order valence-corrected chi connectivity index (χ2v) is 8.26. The van der Waals surface area contributed by atoms with Crippen LogP contribution < -0.4 is 0 Å². The first-order valence-corrected chi connectivity index (χ1v) is 10.4. The maximum Gasteiger partial charge on any atom is 0.226 e. The largest absolute Gasteiger partial charge is 0.381 e. The Balaban J connectivity index is 1.32. The van der Waals surface area contributed by atoms with Gasteiger partial charge in [0.15, 0.2) is 0 Å². The molecule has 0 N–H and O–H groups in total. The molecule has 4 rings (SSSR count). The van der Waals surface area contributed by atoms with Crippen LogP contribution in [0.25, 0.3) is 0 Å². The molecule has 5 heteroatoms. The van der Waals surface area contributed by atoms with E-state index in [9.17, 15) is 4.79 Å². The molecule has 3 aliphatic rings. The maximum absolute atomic E-state index is 13.1. The van der Waals surface area contributed by atoms with Crippen molar-refractivity contribution in [2.24, 2.45) is 5.92 Å². The molecule has 0 bridgehead atoms. The van der Waals surface area contributed by atoms with Crippen molar-refractivity contribution in [3.8, 4) is 0 Å². The molecule has 0 spiro atoms. The van der Waals surface area contributed by atoms with E-state index in [1.807, 2.05) is 0 Å². The first-order chi connectivity index (χ1) is 11.8. The van der Waals surface area contributed by atoms with Crippen molar-refractivity contribution in [1.29, 1.82) is 0 Å². The number of hydrogen-bond donors (Lipinski definition) is 0. The predicted molar refractivity (Wildman–Crippen MR) is 96.0 cm³/mol. The van der Waals surface area contributed by atoms with Gasteiger partial charge in [0.25, 0.3) is 0 Å². The van der Waals surface area contributed by atoms with E-state index in [4.69, 9.17) is 4.74 Å². The predicted octanol–water partition coefficient (Wildman–Crippen LogP) is 3.13. The standard InChI is InChI=1S/C19H28N2O2S/c22-19(21(18-1-2-18)13-15-7-12-24-14-15)16-3-8-20(9-4-16)17-5-10-23-11-6-17/h7,12,14,16-18H,1-6,8-11,13H2. The molecule has 1 aromatic rings. The zero-order chi connectivity index (χ0) is 16.4. The Kier molecular flexibility index (Phi) is 5.20. The fourth-order valence-electron chi connectivity index (χ4n) is 4.15. The molecule has 0 aromatic carbocycles. The molecule has 0 radical (unpaired) electrons. The van der Waals surface area contributed by atoms with Gasteiger partial charge < -0.3 is 14.5 Å². The van der Waals surface area contributed by atoms with Crippen LogP contribution in [0.3, 0.4) is 0 Å². The summed E-state index contributed by atoms with van der Waals surface area (Å²) in [5, 5.41) is 4.29. The van der Waals surface area contributed by atoms with Crippen molar-refractivity contribution >= 4 is 17.2 Å². The van der Waals surface area contributed by atoms with E-state index in [0.29, 0.717) is 18.0 Å². The van der Waals surface area contributed by atoms with E-state index < -0.39 is 0 Å². The lowest BCUT2D eigenvalue weighted by Gasteiger charge is -2.39. The Morgan fingerprint density at radius 2 is 1.92 bits per heavy atom. The Bertz CT molecular complexity index is 530. The Hall–Kier alpha value is -0.910. The van der Waals surface area contributed by atoms with Crippen molar-refractivity contribution in [2.45, 2.75) is 57.2 Å². The Morgan fingerprint density at radius 3 is 2.54 bits per heavy atom. The first-order valence-electron chi connectivity index (χ1n) is 9.44. The van der Waals surface area contributed by atoms with Gasteiger partial charge >= 0.3 is 0 Å². The van der Waals surface area contributed by atoms with Crippen LogP contribution in [0.1, 0.15) is 44.1 Å². The van der Waals surface area contributed by atoms with Gasteiger partial charge in [0, 0.05) is 37.8 Å². The van der Waals surface area contributed by atoms with Gasteiger partial charge in [-0.3, -0.25) is 4.79 Å². The van der Waals surface area contributed by atoms with Gasteiger partial charge in [-0.05, 0) is 74.0 Å². The zero-order valence-corrected chi connectivity index (χ0v) is 15.2. The minimum atomic E-state index is 0.236. The van der Waals surface area contributed by atoms with Gasteiger partial charge in [-0.1, -0.05) is 0 Å². The molecule has 1 aromatic heterocycles. The van der Waals surface area contributed by atoms with Crippen molar-refractivity contribution in [3.63, 3.8) is 0 Å². The lowest BCUT2D eigenvalue weighted by Crippen LogP contribution is -2.47. The molecular formula is C19H28N2O2S. The quantitative estimate of drug-likeness (QED) is 0.819. The minimum absolute atomic E-state index is 0.236. The van der Waals surface area contributed by atoms with Crippen LogP contribution in [0, 0.1) is 5.92 Å². The molecule has 3 heterocycles. The normalized spacial score (nSPS) is 24.2. The molecule has 1 amide bonds. The number of nitrogens with zero attached hydrogens (tertiary/aromatic N) is 2. The fraction of sp³-hybridized carbons (Fsp3) is 0.737. The van der Waals surface area contributed by atoms with Crippen LogP contribution in [0.15, 0.2) is 16.8 Å². The summed E-state index contributed by atoms with van der Waals surface area (Å²) in [7, 11) is 0. The molecule has 132 valence electrons. The average molecular weight is 349 g/mol. The summed E-state index contributed by atoms with van der Waals surface area (Å²) in [4.78, 5) is 17.9. The van der Waals surface area contributed by atoms with Crippen LogP contribution in [0.5, 0.6) is 0 Å². The highest BCUT2D eigenvalue weighted by Gasteiger charge is 2.37. The molecule has 1 saturated carbocycles. The molecular weight excluding hydrogens is 320 g/mol. The van der Waals surface area contributed by atoms with Gasteiger partial charge in [-0.2, -0.15) is 11.3 Å². The van der Waals surface area contributed by atoms with Crippen molar-refractivity contribution in [3.05, 3.63) is 22.4 Å². The third-order valence-corrected chi connectivity index (χ3v) is 6.52. The van der Waals surface area contributed by atoms with Gasteiger partial charge in [0.1, 0.15) is 0 Å². The monoisotopic (exact) mass is 348 g/mol. The van der Waals surface area contributed by atoms with E-state index in [1.165, 1.54) is 18.4 Å². The van der Waals surface area contributed by atoms with Crippen molar-refractivity contribution in [1.82, 2.24) is 9.80 Å². The molecule has 24 heavy (non-hydrogen) atoms. The number of carbonyl (C=O) groups excluding carboxylic acids is 1. The number of carbonyl (C=O) groups is 1. The fourth-order valence-corrected chi connectivity index (χ4v) is 4.81. The topological polar surface area (TPSA) is 32.8 Å². The highest BCUT2D eigenvalue weighted by Crippen LogP contribution is 2.32. The van der Waals surface area contributed by atoms with Gasteiger partial charge in [0.2, 0.25) is 5.91 Å². The van der Waals surface area contributed by atoms with E-state index >= 15 is 0 Å². The van der Waals surface area contributed by atoms with Gasteiger partial charge in [0.05, 0.1) is 0 Å². The summed E-state index contributed by atoms with van der Waals surface area (Å²) < 4.78 is 5.48. The SMILES string of the molecule is O=C(C1CCN(C2CCOCC2)CC1)N(Cc1ccsc1)C1CC1. The number of rotatable bonds is 5. The number of hydrogen-bond acceptors (Lipinski definition) is 4. The average Bonchev–Trinajstić information content (AvgIpc) is 3.36. The van der Waals surface area contributed by atoms with E-state index in [1.54, 1.807) is 11.3 Å². The third kappa shape index (κ3) is 3.84. The van der Waals surface area contributed by atoms with Crippen molar-refractivity contribution in [2.75, 3.05) is 26.3 Å². The van der Waals surface area contributed by atoms with Crippen LogP contribution in [-0.2, 0) is 16.1 Å². The lowest BCUT2D eigenvalue weighted by molar-refractivity contribution is -0.138. The number of piperidine rings is 1. The van der Waals surface area contributed by atoms with Crippen LogP contribution >= 0.6 is 11.3 Å². The number of likely N-dealkylation sites (tertiary alicyclic amines) is 1. The molecule has 2 saturated heterocycles. The zero-order valence-electron chi connectivity index (χ0n) is 14.4. The molecule has 4 nitrogen and oxygen atoms in total. The van der Waals surface area contributed by atoms with Crippen LogP contribution in [0.4, 0.5) is 0 Å². The maximum atomic E-state index is 13.1. The Labute approximate surface area is 148 Å². The van der Waals surface area contributed by atoms with E-state index in [-0.39, 0.29) is 5.92 Å². The smallest absolute Gasteiger partial charge is 0.226 e. The second-order valence-electron chi connectivity index (χ2n) is 7.48. The second kappa shape index (κ2) is 7.54. The molecule has 0 unspecified atom stereocenters. The first kappa shape index (κ1) is 16.6. The summed E-state index contributed by atoms with van der Waals surface area (Å²) in [5.74, 6) is 0.649. The molecule has 1 aliphatic carbocycles. The Morgan fingerprint density at radius 1 is 1.17 bits per heavy atom. The highest BCUT2D eigenvalue weighted by atomic mass is 32.1. The molecule has 2 aliphatic heterocycles. The minimum Gasteiger partial charge on any atom is -0.381 e. The number of amides is 1. The van der Waals surface area contributed by atoms with Crippen LogP contribution in [0.2, 0.25) is 0 Å². The van der Waals surface area contributed by atoms with E-state index in [2.05, 4.69) is 26.6 Å². The third-order valence-electron chi connectivity index (χ3n) is 5.79. The summed E-state index contributed by atoms with van der Waals surface area (Å²) in [5.41, 5.74) is 1.29. The van der Waals surface area contributed by atoms with Crippen molar-refractivity contribution < 1.29 is 9.53 Å². The molecule has 0 atom stereocenters. The number of thiophene rings is 1. The van der Waals surface area contributed by atoms with Gasteiger partial charge in [-0.25, -0.2) is 0 Å². The number of ether oxygens (including phenoxy) is 1. The summed E-state index contributed by atoms with van der Waals surface area (Å²) in [6, 6.07) is 3.34. The van der Waals surface area contributed by atoms with E-state index in [0.717, 1.165) is 58.5 Å². The van der Waals surface area contributed by atoms with Gasteiger partial charge in [-0.15, -0.1) is 0 Å². The summed E-state index contributed by atoms with van der Waals surface area (Å²) in [6.45, 7) is 4.78. The summed E-state index contributed by atoms with van der Waals surface area (Å²) >= 11 is 1.72.